The summed E-state index contributed by atoms with van der Waals surface area (Å²) >= 11 is 0. The predicted molar refractivity (Wildman–Crippen MR) is 91.9 cm³/mol. The van der Waals surface area contributed by atoms with Crippen molar-refractivity contribution in [3.63, 3.8) is 0 Å². The molecule has 0 saturated heterocycles. The van der Waals surface area contributed by atoms with Crippen LogP contribution in [0.5, 0.6) is 11.5 Å². The third-order valence-corrected chi connectivity index (χ3v) is 3.80. The van der Waals surface area contributed by atoms with Crippen LogP contribution >= 0.6 is 0 Å². The normalized spacial score (nSPS) is 10.3. The number of carbonyl (C=O) groups excluding carboxylic acids is 1. The molecule has 2 aromatic rings. The Bertz CT molecular complexity index is 755. The molecule has 0 bridgehead atoms. The fourth-order valence-electron chi connectivity index (χ4n) is 2.45. The van der Waals surface area contributed by atoms with Crippen LogP contribution in [-0.2, 0) is 6.42 Å². The topological polar surface area (TPSA) is 71.6 Å². The smallest absolute Gasteiger partial charge is 0.260 e. The van der Waals surface area contributed by atoms with E-state index in [1.54, 1.807) is 32.2 Å². The first-order chi connectivity index (χ1) is 11.6. The molecule has 2 rings (SSSR count). The molecule has 0 saturated carbocycles. The minimum Gasteiger partial charge on any atom is -0.493 e. The summed E-state index contributed by atoms with van der Waals surface area (Å²) < 4.78 is 10.5. The van der Waals surface area contributed by atoms with Crippen LogP contribution in [0.3, 0.4) is 0 Å². The van der Waals surface area contributed by atoms with E-state index in [2.05, 4.69) is 4.98 Å². The van der Waals surface area contributed by atoms with E-state index in [0.29, 0.717) is 18.0 Å². The number of hydrogen-bond donors (Lipinski definition) is 1. The van der Waals surface area contributed by atoms with Crippen molar-refractivity contribution >= 4 is 5.91 Å². The standard InChI is InChI=1S/C18H22N2O4/c1-20(18(22)14-7-4-10-19-17(14)21)11-5-6-13-8-9-15(23-2)16(12-13)24-3/h4,7-10,12H,5-6,11H2,1-3H3,(H,19,21). The molecule has 1 N–H and O–H groups in total. The maximum absolute atomic E-state index is 12.3. The Morgan fingerprint density at radius 3 is 2.58 bits per heavy atom. The Morgan fingerprint density at radius 2 is 1.92 bits per heavy atom. The van der Waals surface area contributed by atoms with Gasteiger partial charge in [-0.05, 0) is 42.7 Å². The molecule has 0 fully saturated rings. The molecule has 0 unspecified atom stereocenters. The third-order valence-electron chi connectivity index (χ3n) is 3.80. The second-order valence-corrected chi connectivity index (χ2v) is 5.43. The van der Waals surface area contributed by atoms with Gasteiger partial charge in [-0.15, -0.1) is 0 Å². The van der Waals surface area contributed by atoms with Gasteiger partial charge in [0.2, 0.25) is 0 Å². The highest BCUT2D eigenvalue weighted by atomic mass is 16.5. The molecule has 6 heteroatoms. The molecule has 1 aromatic heterocycles. The van der Waals surface area contributed by atoms with Crippen LogP contribution in [0.4, 0.5) is 0 Å². The summed E-state index contributed by atoms with van der Waals surface area (Å²) in [5.74, 6) is 1.11. The summed E-state index contributed by atoms with van der Waals surface area (Å²) in [5, 5.41) is 0. The van der Waals surface area contributed by atoms with Crippen molar-refractivity contribution in [1.29, 1.82) is 0 Å². The quantitative estimate of drug-likeness (QED) is 0.844. The number of pyridine rings is 1. The van der Waals surface area contributed by atoms with Crippen molar-refractivity contribution < 1.29 is 14.3 Å². The highest BCUT2D eigenvalue weighted by Gasteiger charge is 2.14. The molecule has 0 radical (unpaired) electrons. The Kier molecular flexibility index (Phi) is 6.01. The number of benzene rings is 1. The van der Waals surface area contributed by atoms with Crippen molar-refractivity contribution in [1.82, 2.24) is 9.88 Å². The second kappa shape index (κ2) is 8.19. The minimum atomic E-state index is -0.366. The molecule has 0 aliphatic carbocycles. The predicted octanol–water partition coefficient (Wildman–Crippen LogP) is 2.10. The van der Waals surface area contributed by atoms with E-state index in [-0.39, 0.29) is 17.0 Å². The number of H-pyrrole nitrogens is 1. The zero-order valence-corrected chi connectivity index (χ0v) is 14.2. The fraction of sp³-hybridized carbons (Fsp3) is 0.333. The lowest BCUT2D eigenvalue weighted by atomic mass is 10.1. The number of ether oxygens (including phenoxy) is 2. The monoisotopic (exact) mass is 330 g/mol. The van der Waals surface area contributed by atoms with E-state index in [1.165, 1.54) is 12.3 Å². The fourth-order valence-corrected chi connectivity index (χ4v) is 2.45. The van der Waals surface area contributed by atoms with Crippen LogP contribution < -0.4 is 15.0 Å². The van der Waals surface area contributed by atoms with Crippen LogP contribution in [-0.4, -0.2) is 43.6 Å². The number of nitrogens with one attached hydrogen (secondary N) is 1. The number of carbonyl (C=O) groups is 1. The molecule has 0 atom stereocenters. The van der Waals surface area contributed by atoms with Gasteiger partial charge in [-0.25, -0.2) is 0 Å². The van der Waals surface area contributed by atoms with E-state index in [9.17, 15) is 9.59 Å². The van der Waals surface area contributed by atoms with Crippen molar-refractivity contribution in [3.8, 4) is 11.5 Å². The highest BCUT2D eigenvalue weighted by Crippen LogP contribution is 2.27. The minimum absolute atomic E-state index is 0.158. The lowest BCUT2D eigenvalue weighted by Crippen LogP contribution is -2.32. The number of rotatable bonds is 7. The van der Waals surface area contributed by atoms with Crippen LogP contribution in [0.25, 0.3) is 0 Å². The number of aromatic amines is 1. The average molecular weight is 330 g/mol. The van der Waals surface area contributed by atoms with E-state index < -0.39 is 0 Å². The van der Waals surface area contributed by atoms with Gasteiger partial charge in [-0.2, -0.15) is 0 Å². The molecule has 6 nitrogen and oxygen atoms in total. The van der Waals surface area contributed by atoms with Crippen LogP contribution in [0, 0.1) is 0 Å². The maximum atomic E-state index is 12.3. The first kappa shape index (κ1) is 17.6. The van der Waals surface area contributed by atoms with Crippen LogP contribution in [0.15, 0.2) is 41.3 Å². The van der Waals surface area contributed by atoms with Gasteiger partial charge in [0.1, 0.15) is 5.56 Å². The molecule has 1 aromatic carbocycles. The molecule has 1 amide bonds. The first-order valence-electron chi connectivity index (χ1n) is 7.71. The van der Waals surface area contributed by atoms with Crippen molar-refractivity contribution in [2.75, 3.05) is 27.8 Å². The van der Waals surface area contributed by atoms with Crippen molar-refractivity contribution in [2.24, 2.45) is 0 Å². The van der Waals surface area contributed by atoms with Gasteiger partial charge in [-0.3, -0.25) is 9.59 Å². The van der Waals surface area contributed by atoms with Gasteiger partial charge >= 0.3 is 0 Å². The van der Waals surface area contributed by atoms with E-state index >= 15 is 0 Å². The third kappa shape index (κ3) is 4.16. The molecule has 0 aliphatic heterocycles. The summed E-state index contributed by atoms with van der Waals surface area (Å²) in [6.45, 7) is 0.557. The Hall–Kier alpha value is -2.76. The number of amides is 1. The van der Waals surface area contributed by atoms with Crippen molar-refractivity contribution in [3.05, 3.63) is 58.0 Å². The van der Waals surface area contributed by atoms with E-state index in [0.717, 1.165) is 18.4 Å². The molecule has 128 valence electrons. The summed E-state index contributed by atoms with van der Waals surface area (Å²) in [4.78, 5) is 28.0. The largest absolute Gasteiger partial charge is 0.493 e. The maximum Gasteiger partial charge on any atom is 0.260 e. The highest BCUT2D eigenvalue weighted by molar-refractivity contribution is 5.93. The summed E-state index contributed by atoms with van der Waals surface area (Å²) in [7, 11) is 4.90. The lowest BCUT2D eigenvalue weighted by molar-refractivity contribution is 0.0792. The summed E-state index contributed by atoms with van der Waals surface area (Å²) in [6.07, 6.45) is 3.09. The SMILES string of the molecule is COc1ccc(CCCN(C)C(=O)c2ccc[nH]c2=O)cc1OC. The molecular formula is C18H22N2O4. The van der Waals surface area contributed by atoms with E-state index in [1.807, 2.05) is 18.2 Å². The zero-order valence-electron chi connectivity index (χ0n) is 14.2. The number of aromatic nitrogens is 1. The second-order valence-electron chi connectivity index (χ2n) is 5.43. The molecular weight excluding hydrogens is 308 g/mol. The first-order valence-corrected chi connectivity index (χ1v) is 7.71. The number of aryl methyl sites for hydroxylation is 1. The average Bonchev–Trinajstić information content (AvgIpc) is 2.61. The van der Waals surface area contributed by atoms with Gasteiger partial charge in [0.05, 0.1) is 14.2 Å². The number of hydrogen-bond acceptors (Lipinski definition) is 4. The Morgan fingerprint density at radius 1 is 1.17 bits per heavy atom. The zero-order chi connectivity index (χ0) is 17.5. The molecule has 0 aliphatic rings. The van der Waals surface area contributed by atoms with Crippen molar-refractivity contribution in [2.45, 2.75) is 12.8 Å². The van der Waals surface area contributed by atoms with Gasteiger partial charge in [0.15, 0.2) is 11.5 Å². The summed E-state index contributed by atoms with van der Waals surface area (Å²) in [6, 6.07) is 8.96. The van der Waals surface area contributed by atoms with Gasteiger partial charge in [0.25, 0.3) is 11.5 Å². The van der Waals surface area contributed by atoms with Gasteiger partial charge in [-0.1, -0.05) is 6.07 Å². The molecule has 24 heavy (non-hydrogen) atoms. The van der Waals surface area contributed by atoms with Gasteiger partial charge in [0, 0.05) is 19.8 Å². The Labute approximate surface area is 141 Å². The van der Waals surface area contributed by atoms with Crippen LogP contribution in [0.2, 0.25) is 0 Å². The number of methoxy groups -OCH3 is 2. The Balaban J connectivity index is 1.93. The van der Waals surface area contributed by atoms with Crippen LogP contribution in [0.1, 0.15) is 22.3 Å². The summed E-state index contributed by atoms with van der Waals surface area (Å²) in [5.41, 5.74) is 0.895. The lowest BCUT2D eigenvalue weighted by Gasteiger charge is -2.17. The number of nitrogens with zero attached hydrogens (tertiary/aromatic N) is 1. The van der Waals surface area contributed by atoms with E-state index in [4.69, 9.17) is 9.47 Å². The molecule has 0 spiro atoms. The van der Waals surface area contributed by atoms with Gasteiger partial charge < -0.3 is 19.4 Å². The molecule has 1 heterocycles.